The molecule has 0 aliphatic carbocycles. The molecule has 0 atom stereocenters. The Morgan fingerprint density at radius 3 is 2.25 bits per heavy atom. The van der Waals surface area contributed by atoms with Gasteiger partial charge in [0.15, 0.2) is 0 Å². The lowest BCUT2D eigenvalue weighted by Crippen LogP contribution is -2.46. The number of hydrogen-bond acceptors (Lipinski definition) is 4. The molecule has 2 amide bonds. The fourth-order valence-electron chi connectivity index (χ4n) is 3.14. The minimum atomic E-state index is -3.28. The Balaban J connectivity index is 1.96. The van der Waals surface area contributed by atoms with Gasteiger partial charge in [-0.05, 0) is 38.8 Å². The van der Waals surface area contributed by atoms with Gasteiger partial charge in [-0.15, -0.1) is 0 Å². The number of anilines is 1. The summed E-state index contributed by atoms with van der Waals surface area (Å²) in [5, 5.41) is 2.17. The Morgan fingerprint density at radius 2 is 1.75 bits per heavy atom. The number of nitrogens with one attached hydrogen (secondary N) is 1. The molecule has 0 unspecified atom stereocenters. The number of hydrogen-bond donors (Lipinski definition) is 1. The first kappa shape index (κ1) is 22.2. The van der Waals surface area contributed by atoms with E-state index in [0.29, 0.717) is 12.8 Å². The van der Waals surface area contributed by atoms with Crippen LogP contribution in [0, 0.1) is 17.6 Å². The molecule has 2 rings (SSSR count). The summed E-state index contributed by atoms with van der Waals surface area (Å²) in [5.41, 5.74) is -0.547. The number of likely N-dealkylation sites (N-methyl/N-ethyl adjacent to an activating group) is 1. The number of rotatable bonds is 7. The van der Waals surface area contributed by atoms with E-state index in [4.69, 9.17) is 0 Å². The highest BCUT2D eigenvalue weighted by Crippen LogP contribution is 2.22. The monoisotopic (exact) mass is 417 g/mol. The molecule has 1 fully saturated rings. The highest BCUT2D eigenvalue weighted by Gasteiger charge is 2.32. The van der Waals surface area contributed by atoms with E-state index in [0.717, 1.165) is 12.1 Å². The standard InChI is InChI=1S/C18H25F2N3O4S/c1-3-22(12-16(24)21-17-14(19)6-5-7-15(17)20)18(25)13-8-10-23(11-9-13)28(26,27)4-2/h5-7,13H,3-4,8-12H2,1-2H3,(H,21,24). The summed E-state index contributed by atoms with van der Waals surface area (Å²) in [6.07, 6.45) is 0.746. The molecule has 10 heteroatoms. The number of nitrogens with zero attached hydrogens (tertiary/aromatic N) is 2. The van der Waals surface area contributed by atoms with Crippen molar-refractivity contribution in [3.8, 4) is 0 Å². The second-order valence-corrected chi connectivity index (χ2v) is 8.83. The summed E-state index contributed by atoms with van der Waals surface area (Å²) >= 11 is 0. The second kappa shape index (κ2) is 9.42. The van der Waals surface area contributed by atoms with E-state index in [-0.39, 0.29) is 43.8 Å². The number of piperidine rings is 1. The zero-order chi connectivity index (χ0) is 20.9. The topological polar surface area (TPSA) is 86.8 Å². The van der Waals surface area contributed by atoms with Crippen molar-refractivity contribution in [3.05, 3.63) is 29.8 Å². The maximum Gasteiger partial charge on any atom is 0.244 e. The van der Waals surface area contributed by atoms with Crippen LogP contribution in [0.3, 0.4) is 0 Å². The third kappa shape index (κ3) is 5.26. The summed E-state index contributed by atoms with van der Waals surface area (Å²) in [4.78, 5) is 26.2. The Hall–Kier alpha value is -2.07. The van der Waals surface area contributed by atoms with Gasteiger partial charge in [-0.3, -0.25) is 9.59 Å². The predicted molar refractivity (Wildman–Crippen MR) is 101 cm³/mol. The first-order valence-electron chi connectivity index (χ1n) is 9.20. The van der Waals surface area contributed by atoms with Gasteiger partial charge in [0.1, 0.15) is 17.3 Å². The largest absolute Gasteiger partial charge is 0.333 e. The van der Waals surface area contributed by atoms with E-state index in [1.54, 1.807) is 13.8 Å². The molecular formula is C18H25F2N3O4S. The average Bonchev–Trinajstić information content (AvgIpc) is 2.68. The second-order valence-electron chi connectivity index (χ2n) is 6.57. The normalized spacial score (nSPS) is 16.0. The van der Waals surface area contributed by atoms with Crippen LogP contribution >= 0.6 is 0 Å². The van der Waals surface area contributed by atoms with E-state index in [1.807, 2.05) is 0 Å². The zero-order valence-electron chi connectivity index (χ0n) is 16.0. The van der Waals surface area contributed by atoms with Gasteiger partial charge in [0.05, 0.1) is 12.3 Å². The van der Waals surface area contributed by atoms with Gasteiger partial charge < -0.3 is 10.2 Å². The Morgan fingerprint density at radius 1 is 1.18 bits per heavy atom. The number of carbonyl (C=O) groups excluding carboxylic acids is 2. The molecule has 1 aromatic rings. The number of amides is 2. The average molecular weight is 417 g/mol. The van der Waals surface area contributed by atoms with Crippen LogP contribution in [0.2, 0.25) is 0 Å². The number of carbonyl (C=O) groups is 2. The summed E-state index contributed by atoms with van der Waals surface area (Å²) in [6.45, 7) is 3.71. The number of halogens is 2. The Bertz CT molecular complexity index is 804. The van der Waals surface area contributed by atoms with Crippen LogP contribution in [-0.4, -0.2) is 61.4 Å². The van der Waals surface area contributed by atoms with Gasteiger partial charge in [-0.25, -0.2) is 21.5 Å². The molecule has 1 N–H and O–H groups in total. The molecule has 7 nitrogen and oxygen atoms in total. The van der Waals surface area contributed by atoms with Crippen molar-refractivity contribution in [2.24, 2.45) is 5.92 Å². The number of benzene rings is 1. The maximum atomic E-state index is 13.7. The number of sulfonamides is 1. The predicted octanol–water partition coefficient (Wildman–Crippen LogP) is 1.81. The molecule has 28 heavy (non-hydrogen) atoms. The van der Waals surface area contributed by atoms with Crippen molar-refractivity contribution in [1.29, 1.82) is 0 Å². The molecular weight excluding hydrogens is 392 g/mol. The van der Waals surface area contributed by atoms with Crippen molar-refractivity contribution in [2.75, 3.05) is 37.2 Å². The molecule has 0 radical (unpaired) electrons. The third-order valence-corrected chi connectivity index (χ3v) is 6.70. The smallest absolute Gasteiger partial charge is 0.244 e. The lowest BCUT2D eigenvalue weighted by molar-refractivity contribution is -0.139. The lowest BCUT2D eigenvalue weighted by Gasteiger charge is -2.33. The first-order valence-corrected chi connectivity index (χ1v) is 10.8. The molecule has 0 spiro atoms. The fraction of sp³-hybridized carbons (Fsp3) is 0.556. The van der Waals surface area contributed by atoms with E-state index in [1.165, 1.54) is 15.3 Å². The SMILES string of the molecule is CCN(CC(=O)Nc1c(F)cccc1F)C(=O)C1CCN(S(=O)(=O)CC)CC1. The fourth-order valence-corrected chi connectivity index (χ4v) is 4.27. The molecule has 1 aliphatic heterocycles. The highest BCUT2D eigenvalue weighted by molar-refractivity contribution is 7.89. The highest BCUT2D eigenvalue weighted by atomic mass is 32.2. The minimum absolute atomic E-state index is 0.0134. The Labute approximate surface area is 163 Å². The third-order valence-electron chi connectivity index (χ3n) is 4.82. The molecule has 0 aromatic heterocycles. The van der Waals surface area contributed by atoms with Crippen LogP contribution in [0.4, 0.5) is 14.5 Å². The van der Waals surface area contributed by atoms with Crippen molar-refractivity contribution in [3.63, 3.8) is 0 Å². The van der Waals surface area contributed by atoms with Gasteiger partial charge in [-0.1, -0.05) is 6.07 Å². The van der Waals surface area contributed by atoms with Gasteiger partial charge in [-0.2, -0.15) is 0 Å². The summed E-state index contributed by atoms with van der Waals surface area (Å²) in [5.74, 6) is -3.13. The molecule has 1 heterocycles. The number of para-hydroxylation sites is 1. The zero-order valence-corrected chi connectivity index (χ0v) is 16.8. The van der Waals surface area contributed by atoms with Crippen LogP contribution in [0.1, 0.15) is 26.7 Å². The summed E-state index contributed by atoms with van der Waals surface area (Å²) in [6, 6.07) is 3.24. The van der Waals surface area contributed by atoms with E-state index < -0.39 is 33.3 Å². The van der Waals surface area contributed by atoms with E-state index >= 15 is 0 Å². The van der Waals surface area contributed by atoms with Crippen LogP contribution < -0.4 is 5.32 Å². The molecule has 156 valence electrons. The first-order chi connectivity index (χ1) is 13.2. The minimum Gasteiger partial charge on any atom is -0.333 e. The van der Waals surface area contributed by atoms with Crippen molar-refractivity contribution in [1.82, 2.24) is 9.21 Å². The van der Waals surface area contributed by atoms with Crippen LogP contribution in [0.5, 0.6) is 0 Å². The molecule has 1 aromatic carbocycles. The van der Waals surface area contributed by atoms with Crippen molar-refractivity contribution < 1.29 is 26.8 Å². The van der Waals surface area contributed by atoms with Gasteiger partial charge in [0, 0.05) is 25.6 Å². The van der Waals surface area contributed by atoms with Crippen molar-refractivity contribution >= 4 is 27.5 Å². The Kier molecular flexibility index (Phi) is 7.48. The van der Waals surface area contributed by atoms with Crippen molar-refractivity contribution in [2.45, 2.75) is 26.7 Å². The maximum absolute atomic E-state index is 13.7. The van der Waals surface area contributed by atoms with Crippen LogP contribution in [-0.2, 0) is 19.6 Å². The molecule has 1 aliphatic rings. The quantitative estimate of drug-likeness (QED) is 0.733. The van der Waals surface area contributed by atoms with Crippen LogP contribution in [0.25, 0.3) is 0 Å². The van der Waals surface area contributed by atoms with E-state index in [2.05, 4.69) is 5.32 Å². The van der Waals surface area contributed by atoms with Crippen LogP contribution in [0.15, 0.2) is 18.2 Å². The van der Waals surface area contributed by atoms with E-state index in [9.17, 15) is 26.8 Å². The summed E-state index contributed by atoms with van der Waals surface area (Å²) < 4.78 is 52.5. The summed E-state index contributed by atoms with van der Waals surface area (Å²) in [7, 11) is -3.28. The molecule has 0 bridgehead atoms. The molecule has 1 saturated heterocycles. The lowest BCUT2D eigenvalue weighted by atomic mass is 9.96. The van der Waals surface area contributed by atoms with Gasteiger partial charge >= 0.3 is 0 Å². The van der Waals surface area contributed by atoms with Gasteiger partial charge in [0.25, 0.3) is 0 Å². The van der Waals surface area contributed by atoms with Gasteiger partial charge in [0.2, 0.25) is 21.8 Å². The molecule has 0 saturated carbocycles.